The van der Waals surface area contributed by atoms with Crippen molar-refractivity contribution >= 4 is 28.2 Å². The summed E-state index contributed by atoms with van der Waals surface area (Å²) in [5, 5.41) is 4.13. The molecule has 5 nitrogen and oxygen atoms in total. The number of carbonyl (C=O) groups is 1. The van der Waals surface area contributed by atoms with Gasteiger partial charge in [0, 0.05) is 29.5 Å². The minimum Gasteiger partial charge on any atom is -0.340 e. The van der Waals surface area contributed by atoms with E-state index in [0.717, 1.165) is 27.7 Å². The smallest absolute Gasteiger partial charge is 0.141 e. The van der Waals surface area contributed by atoms with E-state index in [1.165, 1.54) is 6.33 Å². The highest BCUT2D eigenvalue weighted by atomic mass is 16.1. The van der Waals surface area contributed by atoms with E-state index in [0.29, 0.717) is 25.2 Å². The van der Waals surface area contributed by atoms with E-state index < -0.39 is 0 Å². The van der Waals surface area contributed by atoms with Crippen LogP contribution in [0.3, 0.4) is 0 Å². The summed E-state index contributed by atoms with van der Waals surface area (Å²) in [7, 11) is 0. The Morgan fingerprint density at radius 1 is 1.20 bits per heavy atom. The molecule has 124 valence electrons. The summed E-state index contributed by atoms with van der Waals surface area (Å²) in [6.45, 7) is 0.369. The predicted octanol–water partition coefficient (Wildman–Crippen LogP) is 2.82. The number of benzene rings is 2. The number of aromatic nitrogens is 2. The molecule has 0 spiro atoms. The maximum Gasteiger partial charge on any atom is 0.141 e. The number of nitrogens with zero attached hydrogens (tertiary/aromatic N) is 2. The number of nitrogens with two attached hydrogens (primary N) is 1. The number of Topliss-reactive ketones (excluding diaryl/α,β-unsaturated/α-hetero) is 1. The molecule has 0 radical (unpaired) electrons. The molecule has 0 fully saturated rings. The van der Waals surface area contributed by atoms with Crippen LogP contribution in [0.15, 0.2) is 48.8 Å². The van der Waals surface area contributed by atoms with Crippen molar-refractivity contribution in [2.24, 2.45) is 5.73 Å². The van der Waals surface area contributed by atoms with E-state index in [2.05, 4.69) is 21.2 Å². The Balaban J connectivity index is 1.94. The van der Waals surface area contributed by atoms with Crippen molar-refractivity contribution in [2.45, 2.75) is 12.8 Å². The Morgan fingerprint density at radius 2 is 2.08 bits per heavy atom. The quantitative estimate of drug-likeness (QED) is 0.679. The zero-order chi connectivity index (χ0) is 17.6. The molecule has 25 heavy (non-hydrogen) atoms. The van der Waals surface area contributed by atoms with Crippen molar-refractivity contribution in [3.63, 3.8) is 0 Å². The average molecular weight is 330 g/mol. The van der Waals surface area contributed by atoms with Crippen molar-refractivity contribution < 1.29 is 4.79 Å². The fourth-order valence-electron chi connectivity index (χ4n) is 2.61. The van der Waals surface area contributed by atoms with E-state index in [1.807, 2.05) is 42.5 Å². The van der Waals surface area contributed by atoms with Crippen molar-refractivity contribution in [3.05, 3.63) is 59.9 Å². The first-order valence-electron chi connectivity index (χ1n) is 7.98. The number of fused-ring (bicyclic) bond motifs is 1. The summed E-state index contributed by atoms with van der Waals surface area (Å²) in [5.41, 5.74) is 8.80. The highest BCUT2D eigenvalue weighted by Gasteiger charge is 2.08. The highest BCUT2D eigenvalue weighted by molar-refractivity contribution is 5.92. The van der Waals surface area contributed by atoms with Gasteiger partial charge in [-0.05, 0) is 42.4 Å². The first kappa shape index (κ1) is 16.6. The van der Waals surface area contributed by atoms with Gasteiger partial charge in [0.25, 0.3) is 0 Å². The van der Waals surface area contributed by atoms with Gasteiger partial charge in [0.1, 0.15) is 17.9 Å². The lowest BCUT2D eigenvalue weighted by molar-refractivity contribution is -0.118. The van der Waals surface area contributed by atoms with E-state index >= 15 is 0 Å². The summed E-state index contributed by atoms with van der Waals surface area (Å²) in [6, 6.07) is 13.3. The fourth-order valence-corrected chi connectivity index (χ4v) is 2.61. The molecular formula is C20H18N4O. The Hall–Kier alpha value is -3.23. The van der Waals surface area contributed by atoms with E-state index in [9.17, 15) is 4.79 Å². The van der Waals surface area contributed by atoms with Crippen LogP contribution < -0.4 is 11.1 Å². The Kier molecular flexibility index (Phi) is 5.03. The average Bonchev–Trinajstić information content (AvgIpc) is 2.62. The molecule has 0 saturated heterocycles. The largest absolute Gasteiger partial charge is 0.340 e. The fraction of sp³-hybridized carbons (Fsp3) is 0.150. The van der Waals surface area contributed by atoms with Gasteiger partial charge in [0.2, 0.25) is 0 Å². The summed E-state index contributed by atoms with van der Waals surface area (Å²) in [6.07, 6.45) is 7.70. The minimum absolute atomic E-state index is 0.120. The number of rotatable bonds is 6. The highest BCUT2D eigenvalue weighted by Crippen LogP contribution is 2.24. The molecule has 0 saturated carbocycles. The van der Waals surface area contributed by atoms with Crippen molar-refractivity contribution in [1.82, 2.24) is 9.97 Å². The minimum atomic E-state index is 0.120. The molecule has 1 heterocycles. The molecule has 3 N–H and O–H groups in total. The van der Waals surface area contributed by atoms with Crippen molar-refractivity contribution in [3.8, 4) is 12.3 Å². The molecule has 0 unspecified atom stereocenters. The van der Waals surface area contributed by atoms with E-state index in [4.69, 9.17) is 12.2 Å². The van der Waals surface area contributed by atoms with Gasteiger partial charge in [0.15, 0.2) is 0 Å². The Labute approximate surface area is 146 Å². The normalized spacial score (nSPS) is 10.4. The third kappa shape index (κ3) is 4.00. The first-order valence-corrected chi connectivity index (χ1v) is 7.98. The second kappa shape index (κ2) is 7.56. The van der Waals surface area contributed by atoms with Crippen LogP contribution in [-0.2, 0) is 11.2 Å². The molecule has 0 aliphatic carbocycles. The van der Waals surface area contributed by atoms with Gasteiger partial charge in [-0.25, -0.2) is 9.97 Å². The zero-order valence-electron chi connectivity index (χ0n) is 13.7. The Morgan fingerprint density at radius 3 is 2.88 bits per heavy atom. The van der Waals surface area contributed by atoms with E-state index in [-0.39, 0.29) is 5.78 Å². The first-order chi connectivity index (χ1) is 12.2. The molecule has 0 aliphatic rings. The molecular weight excluding hydrogens is 312 g/mol. The van der Waals surface area contributed by atoms with Gasteiger partial charge < -0.3 is 11.1 Å². The molecule has 2 aromatic carbocycles. The molecule has 0 aliphatic heterocycles. The molecule has 3 rings (SSSR count). The van der Waals surface area contributed by atoms with Crippen LogP contribution in [0, 0.1) is 12.3 Å². The maximum absolute atomic E-state index is 11.8. The van der Waals surface area contributed by atoms with Gasteiger partial charge >= 0.3 is 0 Å². The van der Waals surface area contributed by atoms with E-state index in [1.54, 1.807) is 0 Å². The molecule has 1 aromatic heterocycles. The molecule has 0 atom stereocenters. The van der Waals surface area contributed by atoms with Crippen LogP contribution in [0.1, 0.15) is 17.5 Å². The van der Waals surface area contributed by atoms with Gasteiger partial charge in [0.05, 0.1) is 5.52 Å². The number of hydrogen-bond donors (Lipinski definition) is 2. The van der Waals surface area contributed by atoms with Gasteiger partial charge in [-0.1, -0.05) is 18.1 Å². The maximum atomic E-state index is 11.8. The lowest BCUT2D eigenvalue weighted by Gasteiger charge is -2.10. The van der Waals surface area contributed by atoms with Gasteiger partial charge in [-0.15, -0.1) is 6.42 Å². The number of hydrogen-bond acceptors (Lipinski definition) is 5. The summed E-state index contributed by atoms with van der Waals surface area (Å²) in [4.78, 5) is 20.5. The van der Waals surface area contributed by atoms with Crippen molar-refractivity contribution in [2.75, 3.05) is 11.9 Å². The molecule has 5 heteroatoms. The SMILES string of the molecule is C#Cc1cccc(Nc2ncnc3ccc(CC(=O)CCN)cc23)c1. The standard InChI is InChI=1S/C20H18N4O/c1-2-14-4-3-5-16(10-14)24-20-18-12-15(11-17(25)8-9-21)6-7-19(18)22-13-23-20/h1,3-7,10,12-13H,8-9,11,21H2,(H,22,23,24). The van der Waals surface area contributed by atoms with Crippen LogP contribution in [0.5, 0.6) is 0 Å². The van der Waals surface area contributed by atoms with Crippen LogP contribution in [0.2, 0.25) is 0 Å². The topological polar surface area (TPSA) is 80.9 Å². The second-order valence-corrected chi connectivity index (χ2v) is 5.68. The second-order valence-electron chi connectivity index (χ2n) is 5.68. The van der Waals surface area contributed by atoms with Gasteiger partial charge in [-0.2, -0.15) is 0 Å². The van der Waals surface area contributed by atoms with Crippen LogP contribution >= 0.6 is 0 Å². The summed E-state index contributed by atoms with van der Waals surface area (Å²) < 4.78 is 0. The number of anilines is 2. The van der Waals surface area contributed by atoms with Gasteiger partial charge in [-0.3, -0.25) is 4.79 Å². The molecule has 3 aromatic rings. The molecule has 0 amide bonds. The number of terminal acetylenes is 1. The lowest BCUT2D eigenvalue weighted by Crippen LogP contribution is -2.10. The van der Waals surface area contributed by atoms with Crippen LogP contribution in [0.4, 0.5) is 11.5 Å². The third-order valence-corrected chi connectivity index (χ3v) is 3.82. The van der Waals surface area contributed by atoms with Crippen LogP contribution in [0.25, 0.3) is 10.9 Å². The predicted molar refractivity (Wildman–Crippen MR) is 99.6 cm³/mol. The zero-order valence-corrected chi connectivity index (χ0v) is 13.7. The Bertz CT molecular complexity index is 959. The van der Waals surface area contributed by atoms with Crippen LogP contribution in [-0.4, -0.2) is 22.3 Å². The number of nitrogens with one attached hydrogen (secondary N) is 1. The third-order valence-electron chi connectivity index (χ3n) is 3.82. The summed E-state index contributed by atoms with van der Waals surface area (Å²) in [5.74, 6) is 3.41. The summed E-state index contributed by atoms with van der Waals surface area (Å²) >= 11 is 0. The number of ketones is 1. The monoisotopic (exact) mass is 330 g/mol. The lowest BCUT2D eigenvalue weighted by atomic mass is 10.0. The molecule has 0 bridgehead atoms. The number of carbonyl (C=O) groups excluding carboxylic acids is 1. The van der Waals surface area contributed by atoms with Crippen molar-refractivity contribution in [1.29, 1.82) is 0 Å².